The number of aromatic nitrogens is 2. The Labute approximate surface area is 137 Å². The Bertz CT molecular complexity index is 873. The number of aromatic hydroxyl groups is 1. The van der Waals surface area contributed by atoms with Gasteiger partial charge < -0.3 is 14.6 Å². The van der Waals surface area contributed by atoms with Crippen molar-refractivity contribution in [3.8, 4) is 17.2 Å². The largest absolute Gasteiger partial charge is 0.502 e. The molecule has 0 spiro atoms. The standard InChI is InChI=1S/C15H18N4O5/c1-18-12(7-13(20)19(2)15(18)22)17-16-8-9-5-10(23-3)14(21)11(6-9)24-4/h5-8,17,21H,1-4H3/b16-8+. The Hall–Kier alpha value is -3.23. The van der Waals surface area contributed by atoms with E-state index < -0.39 is 11.2 Å². The second kappa shape index (κ2) is 6.90. The molecule has 0 aliphatic heterocycles. The summed E-state index contributed by atoms with van der Waals surface area (Å²) in [5.41, 5.74) is 2.32. The van der Waals surface area contributed by atoms with Crippen LogP contribution in [0.15, 0.2) is 32.9 Å². The fourth-order valence-corrected chi connectivity index (χ4v) is 2.00. The Morgan fingerprint density at radius 2 is 1.67 bits per heavy atom. The van der Waals surface area contributed by atoms with Crippen LogP contribution in [0.2, 0.25) is 0 Å². The van der Waals surface area contributed by atoms with Crippen molar-refractivity contribution >= 4 is 12.0 Å². The molecule has 0 saturated heterocycles. The average molecular weight is 334 g/mol. The number of nitrogens with zero attached hydrogens (tertiary/aromatic N) is 3. The van der Waals surface area contributed by atoms with Crippen LogP contribution < -0.4 is 26.1 Å². The van der Waals surface area contributed by atoms with Crippen molar-refractivity contribution in [1.29, 1.82) is 0 Å². The maximum Gasteiger partial charge on any atom is 0.332 e. The van der Waals surface area contributed by atoms with Crippen LogP contribution in [0.4, 0.5) is 5.82 Å². The number of anilines is 1. The molecule has 0 bridgehead atoms. The van der Waals surface area contributed by atoms with Gasteiger partial charge in [-0.1, -0.05) is 0 Å². The van der Waals surface area contributed by atoms with E-state index in [9.17, 15) is 14.7 Å². The third-order valence-corrected chi connectivity index (χ3v) is 3.42. The van der Waals surface area contributed by atoms with E-state index in [4.69, 9.17) is 9.47 Å². The van der Waals surface area contributed by atoms with Gasteiger partial charge >= 0.3 is 5.69 Å². The minimum atomic E-state index is -0.465. The van der Waals surface area contributed by atoms with Gasteiger partial charge in [0.2, 0.25) is 5.75 Å². The van der Waals surface area contributed by atoms with Gasteiger partial charge in [0.25, 0.3) is 5.56 Å². The number of ether oxygens (including phenoxy) is 2. The second-order valence-electron chi connectivity index (χ2n) is 4.91. The van der Waals surface area contributed by atoms with E-state index in [1.54, 1.807) is 12.1 Å². The number of nitrogens with one attached hydrogen (secondary N) is 1. The third-order valence-electron chi connectivity index (χ3n) is 3.42. The zero-order valence-electron chi connectivity index (χ0n) is 13.7. The summed E-state index contributed by atoms with van der Waals surface area (Å²) in [5, 5.41) is 13.8. The van der Waals surface area contributed by atoms with Gasteiger partial charge in [-0.05, 0) is 12.1 Å². The molecule has 9 nitrogen and oxygen atoms in total. The fourth-order valence-electron chi connectivity index (χ4n) is 2.00. The second-order valence-corrected chi connectivity index (χ2v) is 4.91. The van der Waals surface area contributed by atoms with Gasteiger partial charge in [0.15, 0.2) is 11.5 Å². The van der Waals surface area contributed by atoms with Gasteiger partial charge in [-0.3, -0.25) is 19.4 Å². The number of phenols is 1. The predicted octanol–water partition coefficient (Wildman–Crippen LogP) is 0.253. The summed E-state index contributed by atoms with van der Waals surface area (Å²) in [6, 6.07) is 4.38. The highest BCUT2D eigenvalue weighted by Gasteiger charge is 2.10. The molecule has 24 heavy (non-hydrogen) atoms. The van der Waals surface area contributed by atoms with Crippen LogP contribution in [0.5, 0.6) is 17.2 Å². The lowest BCUT2D eigenvalue weighted by Gasteiger charge is -2.10. The molecule has 0 saturated carbocycles. The fraction of sp³-hybridized carbons (Fsp3) is 0.267. The Balaban J connectivity index is 2.30. The minimum absolute atomic E-state index is 0.112. The number of benzene rings is 1. The number of hydrazone groups is 1. The van der Waals surface area contributed by atoms with Crippen molar-refractivity contribution in [2.75, 3.05) is 19.6 Å². The monoisotopic (exact) mass is 334 g/mol. The summed E-state index contributed by atoms with van der Waals surface area (Å²) < 4.78 is 12.4. The van der Waals surface area contributed by atoms with Crippen LogP contribution in [-0.2, 0) is 14.1 Å². The molecule has 0 fully saturated rings. The van der Waals surface area contributed by atoms with Crippen LogP contribution in [0.3, 0.4) is 0 Å². The molecule has 0 aliphatic rings. The molecule has 0 radical (unpaired) electrons. The van der Waals surface area contributed by atoms with Crippen LogP contribution in [0, 0.1) is 0 Å². The smallest absolute Gasteiger partial charge is 0.332 e. The quantitative estimate of drug-likeness (QED) is 0.600. The molecule has 2 N–H and O–H groups in total. The maximum absolute atomic E-state index is 11.8. The van der Waals surface area contributed by atoms with Gasteiger partial charge in [-0.25, -0.2) is 4.79 Å². The maximum atomic E-state index is 11.8. The first-order valence-electron chi connectivity index (χ1n) is 6.90. The van der Waals surface area contributed by atoms with Crippen LogP contribution >= 0.6 is 0 Å². The summed E-state index contributed by atoms with van der Waals surface area (Å²) in [7, 11) is 5.76. The topological polar surface area (TPSA) is 107 Å². The zero-order valence-corrected chi connectivity index (χ0v) is 13.7. The van der Waals surface area contributed by atoms with E-state index in [-0.39, 0.29) is 23.1 Å². The predicted molar refractivity (Wildman–Crippen MR) is 89.4 cm³/mol. The summed E-state index contributed by atoms with van der Waals surface area (Å²) >= 11 is 0. The molecule has 0 atom stereocenters. The van der Waals surface area contributed by atoms with Gasteiger partial charge in [-0.15, -0.1) is 0 Å². The number of methoxy groups -OCH3 is 2. The van der Waals surface area contributed by atoms with E-state index in [1.807, 2.05) is 0 Å². The first-order valence-corrected chi connectivity index (χ1v) is 6.90. The SMILES string of the molecule is COc1cc(/C=N/Nc2cc(=O)n(C)c(=O)n2C)cc(OC)c1O. The molecular weight excluding hydrogens is 316 g/mol. The molecule has 2 aromatic rings. The van der Waals surface area contributed by atoms with E-state index in [1.165, 1.54) is 45.2 Å². The lowest BCUT2D eigenvalue weighted by Crippen LogP contribution is -2.37. The highest BCUT2D eigenvalue weighted by molar-refractivity contribution is 5.82. The lowest BCUT2D eigenvalue weighted by molar-refractivity contribution is 0.340. The highest BCUT2D eigenvalue weighted by Crippen LogP contribution is 2.36. The van der Waals surface area contributed by atoms with E-state index in [0.29, 0.717) is 5.56 Å². The normalized spacial score (nSPS) is 10.8. The van der Waals surface area contributed by atoms with Crippen LogP contribution in [-0.4, -0.2) is 34.7 Å². The van der Waals surface area contributed by atoms with E-state index >= 15 is 0 Å². The zero-order chi connectivity index (χ0) is 17.9. The molecule has 1 aromatic heterocycles. The lowest BCUT2D eigenvalue weighted by atomic mass is 10.2. The molecule has 0 aliphatic carbocycles. The number of phenolic OH excluding ortho intramolecular Hbond substituents is 1. The summed E-state index contributed by atoms with van der Waals surface area (Å²) in [6.07, 6.45) is 1.44. The molecule has 2 rings (SSSR count). The summed E-state index contributed by atoms with van der Waals surface area (Å²) in [5.74, 6) is 0.602. The Morgan fingerprint density at radius 1 is 1.08 bits per heavy atom. The van der Waals surface area contributed by atoms with Crippen LogP contribution in [0.25, 0.3) is 0 Å². The summed E-state index contributed by atoms with van der Waals surface area (Å²) in [4.78, 5) is 23.5. The van der Waals surface area contributed by atoms with E-state index in [0.717, 1.165) is 4.57 Å². The third kappa shape index (κ3) is 3.24. The molecule has 1 aromatic carbocycles. The first kappa shape index (κ1) is 17.1. The van der Waals surface area contributed by atoms with Gasteiger partial charge in [0.1, 0.15) is 5.82 Å². The van der Waals surface area contributed by atoms with Crippen molar-refractivity contribution < 1.29 is 14.6 Å². The van der Waals surface area contributed by atoms with Crippen molar-refractivity contribution in [3.05, 3.63) is 44.6 Å². The average Bonchev–Trinajstić information content (AvgIpc) is 2.58. The van der Waals surface area contributed by atoms with Crippen LogP contribution in [0.1, 0.15) is 5.56 Å². The van der Waals surface area contributed by atoms with Crippen molar-refractivity contribution in [2.24, 2.45) is 19.2 Å². The molecule has 128 valence electrons. The van der Waals surface area contributed by atoms with Crippen molar-refractivity contribution in [2.45, 2.75) is 0 Å². The van der Waals surface area contributed by atoms with Gasteiger partial charge in [0.05, 0.1) is 20.4 Å². The Morgan fingerprint density at radius 3 is 2.21 bits per heavy atom. The van der Waals surface area contributed by atoms with Gasteiger partial charge in [-0.2, -0.15) is 5.10 Å². The molecule has 0 unspecified atom stereocenters. The molecular formula is C15H18N4O5. The van der Waals surface area contributed by atoms with E-state index in [2.05, 4.69) is 10.5 Å². The summed E-state index contributed by atoms with van der Waals surface area (Å²) in [6.45, 7) is 0. The number of rotatable bonds is 5. The minimum Gasteiger partial charge on any atom is -0.502 e. The van der Waals surface area contributed by atoms with Crippen molar-refractivity contribution in [3.63, 3.8) is 0 Å². The van der Waals surface area contributed by atoms with Crippen molar-refractivity contribution in [1.82, 2.24) is 9.13 Å². The number of hydrogen-bond acceptors (Lipinski definition) is 7. The molecule has 1 heterocycles. The molecule has 9 heteroatoms. The number of hydrogen-bond donors (Lipinski definition) is 2. The highest BCUT2D eigenvalue weighted by atomic mass is 16.5. The van der Waals surface area contributed by atoms with Gasteiger partial charge in [0, 0.05) is 25.7 Å². The molecule has 0 amide bonds. The first-order chi connectivity index (χ1) is 11.4. The Kier molecular flexibility index (Phi) is 4.93.